The average Bonchev–Trinajstić information content (AvgIpc) is 2.67. The number of nitro groups is 1. The molecule has 0 aliphatic heterocycles. The van der Waals surface area contributed by atoms with Crippen molar-refractivity contribution in [2.45, 2.75) is 26.0 Å². The van der Waals surface area contributed by atoms with E-state index in [0.29, 0.717) is 0 Å². The van der Waals surface area contributed by atoms with Gasteiger partial charge >= 0.3 is 5.69 Å². The summed E-state index contributed by atoms with van der Waals surface area (Å²) in [5, 5.41) is 14.9. The molecule has 3 aromatic rings. The van der Waals surface area contributed by atoms with Gasteiger partial charge in [-0.05, 0) is 25.0 Å². The van der Waals surface area contributed by atoms with E-state index >= 15 is 0 Å². The molecule has 1 heterocycles. The first kappa shape index (κ1) is 18.3. The molecule has 0 atom stereocenters. The van der Waals surface area contributed by atoms with Crippen LogP contribution in [0.1, 0.15) is 31.0 Å². The van der Waals surface area contributed by atoms with Gasteiger partial charge < -0.3 is 10.1 Å². The minimum absolute atomic E-state index is 0.0487. The zero-order valence-electron chi connectivity index (χ0n) is 15.1. The quantitative estimate of drug-likeness (QED) is 0.494. The van der Waals surface area contributed by atoms with Gasteiger partial charge in [-0.15, -0.1) is 0 Å². The fourth-order valence-electron chi connectivity index (χ4n) is 2.73. The van der Waals surface area contributed by atoms with Gasteiger partial charge in [0.25, 0.3) is 5.88 Å². The molecule has 3 rings (SSSR count). The van der Waals surface area contributed by atoms with Gasteiger partial charge in [-0.3, -0.25) is 10.1 Å². The predicted molar refractivity (Wildman–Crippen MR) is 103 cm³/mol. The minimum atomic E-state index is -0.521. The van der Waals surface area contributed by atoms with Gasteiger partial charge in [0.15, 0.2) is 0 Å². The van der Waals surface area contributed by atoms with Crippen LogP contribution >= 0.6 is 0 Å². The van der Waals surface area contributed by atoms with Crippen molar-refractivity contribution in [2.24, 2.45) is 0 Å². The number of hydrogen-bond acceptors (Lipinski definition) is 6. The van der Waals surface area contributed by atoms with Crippen LogP contribution in [0.25, 0.3) is 0 Å². The molecule has 0 saturated carbocycles. The lowest BCUT2D eigenvalue weighted by Crippen LogP contribution is -2.16. The van der Waals surface area contributed by atoms with E-state index in [1.54, 1.807) is 13.8 Å². The van der Waals surface area contributed by atoms with E-state index in [-0.39, 0.29) is 29.5 Å². The smallest absolute Gasteiger partial charge is 0.372 e. The molecule has 7 nitrogen and oxygen atoms in total. The van der Waals surface area contributed by atoms with Crippen molar-refractivity contribution in [3.8, 4) is 5.88 Å². The number of aromatic nitrogens is 2. The molecule has 0 aliphatic rings. The lowest BCUT2D eigenvalue weighted by atomic mass is 9.99. The lowest BCUT2D eigenvalue weighted by molar-refractivity contribution is -0.385. The predicted octanol–water partition coefficient (Wildman–Crippen LogP) is 4.37. The van der Waals surface area contributed by atoms with Crippen molar-refractivity contribution < 1.29 is 9.66 Å². The van der Waals surface area contributed by atoms with E-state index in [2.05, 4.69) is 15.3 Å². The molecule has 138 valence electrons. The molecule has 0 fully saturated rings. The molecule has 0 bridgehead atoms. The van der Waals surface area contributed by atoms with Crippen LogP contribution < -0.4 is 10.1 Å². The van der Waals surface area contributed by atoms with Crippen LogP contribution in [0, 0.1) is 10.1 Å². The molecule has 0 spiro atoms. The number of rotatable bonds is 7. The maximum atomic E-state index is 11.7. The standard InChI is InChI=1S/C20H20N4O3/c1-14(2)27-20-18(24(25)26)19(21-13-22-20)23-17(15-9-5-3-6-10-15)16-11-7-4-8-12-16/h3-14,17H,1-2H3,(H,21,22,23). The van der Waals surface area contributed by atoms with Gasteiger partial charge in [-0.1, -0.05) is 60.7 Å². The summed E-state index contributed by atoms with van der Waals surface area (Å²) in [7, 11) is 0. The Morgan fingerprint density at radius 1 is 0.963 bits per heavy atom. The Labute approximate surface area is 157 Å². The van der Waals surface area contributed by atoms with Crippen LogP contribution in [0.15, 0.2) is 67.0 Å². The fourth-order valence-corrected chi connectivity index (χ4v) is 2.73. The fraction of sp³-hybridized carbons (Fsp3) is 0.200. The van der Waals surface area contributed by atoms with E-state index in [9.17, 15) is 10.1 Å². The Hall–Kier alpha value is -3.48. The summed E-state index contributed by atoms with van der Waals surface area (Å²) in [6, 6.07) is 19.1. The molecule has 7 heteroatoms. The number of nitrogens with zero attached hydrogens (tertiary/aromatic N) is 3. The van der Waals surface area contributed by atoms with E-state index < -0.39 is 4.92 Å². The Kier molecular flexibility index (Phi) is 5.61. The van der Waals surface area contributed by atoms with E-state index in [4.69, 9.17) is 4.74 Å². The highest BCUT2D eigenvalue weighted by molar-refractivity contribution is 5.63. The van der Waals surface area contributed by atoms with Gasteiger partial charge in [0.05, 0.1) is 17.1 Å². The molecule has 2 aromatic carbocycles. The van der Waals surface area contributed by atoms with E-state index in [1.807, 2.05) is 60.7 Å². The number of hydrogen-bond donors (Lipinski definition) is 1. The summed E-state index contributed by atoms with van der Waals surface area (Å²) in [5.41, 5.74) is 1.65. The van der Waals surface area contributed by atoms with E-state index in [1.165, 1.54) is 6.33 Å². The third kappa shape index (κ3) is 4.38. The average molecular weight is 364 g/mol. The van der Waals surface area contributed by atoms with Crippen LogP contribution in [0.5, 0.6) is 5.88 Å². The molecule has 27 heavy (non-hydrogen) atoms. The summed E-state index contributed by atoms with van der Waals surface area (Å²) in [6.07, 6.45) is 1.02. The number of benzene rings is 2. The summed E-state index contributed by atoms with van der Waals surface area (Å²) in [5.74, 6) is 0.0655. The largest absolute Gasteiger partial charge is 0.470 e. The second kappa shape index (κ2) is 8.27. The highest BCUT2D eigenvalue weighted by atomic mass is 16.6. The molecule has 1 aromatic heterocycles. The first-order valence-electron chi connectivity index (χ1n) is 8.58. The van der Waals surface area contributed by atoms with Crippen molar-refractivity contribution in [1.29, 1.82) is 0 Å². The van der Waals surface area contributed by atoms with Gasteiger partial charge in [-0.2, -0.15) is 4.98 Å². The summed E-state index contributed by atoms with van der Waals surface area (Å²) >= 11 is 0. The van der Waals surface area contributed by atoms with Crippen molar-refractivity contribution >= 4 is 11.5 Å². The second-order valence-corrected chi connectivity index (χ2v) is 6.20. The van der Waals surface area contributed by atoms with Gasteiger partial charge in [-0.25, -0.2) is 4.98 Å². The van der Waals surface area contributed by atoms with Crippen LogP contribution in [0.4, 0.5) is 11.5 Å². The lowest BCUT2D eigenvalue weighted by Gasteiger charge is -2.20. The first-order valence-corrected chi connectivity index (χ1v) is 8.58. The van der Waals surface area contributed by atoms with Crippen molar-refractivity contribution in [1.82, 2.24) is 9.97 Å². The van der Waals surface area contributed by atoms with Gasteiger partial charge in [0.1, 0.15) is 6.33 Å². The summed E-state index contributed by atoms with van der Waals surface area (Å²) in [6.45, 7) is 3.57. The van der Waals surface area contributed by atoms with Gasteiger partial charge in [0.2, 0.25) is 5.82 Å². The second-order valence-electron chi connectivity index (χ2n) is 6.20. The highest BCUT2D eigenvalue weighted by Crippen LogP contribution is 2.35. The van der Waals surface area contributed by atoms with E-state index in [0.717, 1.165) is 11.1 Å². The molecule has 0 amide bonds. The zero-order valence-corrected chi connectivity index (χ0v) is 15.1. The SMILES string of the molecule is CC(C)Oc1ncnc(NC(c2ccccc2)c2ccccc2)c1[N+](=O)[O-]. The maximum absolute atomic E-state index is 11.7. The Morgan fingerprint density at radius 3 is 2.00 bits per heavy atom. The molecule has 1 N–H and O–H groups in total. The first-order chi connectivity index (χ1) is 13.1. The van der Waals surface area contributed by atoms with Gasteiger partial charge in [0, 0.05) is 0 Å². The Balaban J connectivity index is 2.05. The molecule has 0 unspecified atom stereocenters. The number of anilines is 1. The molecule has 0 saturated heterocycles. The third-order valence-corrected chi connectivity index (χ3v) is 3.87. The zero-order chi connectivity index (χ0) is 19.2. The summed E-state index contributed by atoms with van der Waals surface area (Å²) < 4.78 is 5.51. The number of ether oxygens (including phenoxy) is 1. The normalized spacial score (nSPS) is 10.8. The summed E-state index contributed by atoms with van der Waals surface area (Å²) in [4.78, 5) is 19.2. The molecular formula is C20H20N4O3. The molecular weight excluding hydrogens is 344 g/mol. The monoisotopic (exact) mass is 364 g/mol. The number of nitrogens with one attached hydrogen (secondary N) is 1. The highest BCUT2D eigenvalue weighted by Gasteiger charge is 2.27. The third-order valence-electron chi connectivity index (χ3n) is 3.87. The Bertz CT molecular complexity index is 862. The van der Waals surface area contributed by atoms with Crippen molar-refractivity contribution in [3.63, 3.8) is 0 Å². The van der Waals surface area contributed by atoms with Crippen LogP contribution in [-0.4, -0.2) is 21.0 Å². The topological polar surface area (TPSA) is 90.2 Å². The Morgan fingerprint density at radius 2 is 1.52 bits per heavy atom. The van der Waals surface area contributed by atoms with Crippen molar-refractivity contribution in [2.75, 3.05) is 5.32 Å². The molecule has 0 radical (unpaired) electrons. The van der Waals surface area contributed by atoms with Crippen molar-refractivity contribution in [3.05, 3.63) is 88.2 Å². The van der Waals surface area contributed by atoms with Crippen LogP contribution in [0.2, 0.25) is 0 Å². The maximum Gasteiger partial charge on any atom is 0.372 e. The minimum Gasteiger partial charge on any atom is -0.470 e. The van der Waals surface area contributed by atoms with Crippen LogP contribution in [0.3, 0.4) is 0 Å². The molecule has 0 aliphatic carbocycles. The van der Waals surface area contributed by atoms with Crippen LogP contribution in [-0.2, 0) is 0 Å².